The van der Waals surface area contributed by atoms with Gasteiger partial charge in [0.2, 0.25) is 0 Å². The van der Waals surface area contributed by atoms with Gasteiger partial charge in [-0.15, -0.1) is 0 Å². The van der Waals surface area contributed by atoms with Crippen molar-refractivity contribution < 1.29 is 9.53 Å². The molecule has 1 rings (SSSR count). The van der Waals surface area contributed by atoms with Gasteiger partial charge in [0, 0.05) is 12.6 Å². The highest BCUT2D eigenvalue weighted by atomic mass is 16.5. The summed E-state index contributed by atoms with van der Waals surface area (Å²) in [4.78, 5) is 16.3. The van der Waals surface area contributed by atoms with Crippen LogP contribution in [0.4, 0.5) is 0 Å². The molecule has 1 aliphatic rings. The maximum atomic E-state index is 11.5. The Balaban J connectivity index is 2.22. The van der Waals surface area contributed by atoms with E-state index >= 15 is 0 Å². The minimum Gasteiger partial charge on any atom is -0.468 e. The molecule has 0 spiro atoms. The van der Waals surface area contributed by atoms with Crippen molar-refractivity contribution in [1.29, 1.82) is 0 Å². The third-order valence-corrected chi connectivity index (χ3v) is 4.33. The molecule has 0 radical (unpaired) electrons. The lowest BCUT2D eigenvalue weighted by molar-refractivity contribution is -0.146. The Bertz CT molecular complexity index is 307. The van der Waals surface area contributed by atoms with E-state index in [1.54, 1.807) is 6.92 Å². The fourth-order valence-electron chi connectivity index (χ4n) is 2.87. The van der Waals surface area contributed by atoms with Crippen molar-refractivity contribution in [2.24, 2.45) is 5.73 Å². The Morgan fingerprint density at radius 2 is 2.20 bits per heavy atom. The quantitative estimate of drug-likeness (QED) is 0.560. The maximum Gasteiger partial charge on any atom is 0.325 e. The summed E-state index contributed by atoms with van der Waals surface area (Å²) < 4.78 is 4.72. The van der Waals surface area contributed by atoms with Gasteiger partial charge in [-0.1, -0.05) is 0 Å². The monoisotopic (exact) mass is 285 g/mol. The van der Waals surface area contributed by atoms with Crippen molar-refractivity contribution in [2.75, 3.05) is 40.8 Å². The van der Waals surface area contributed by atoms with Gasteiger partial charge in [-0.25, -0.2) is 0 Å². The Morgan fingerprint density at radius 3 is 2.80 bits per heavy atom. The largest absolute Gasteiger partial charge is 0.468 e. The molecular weight excluding hydrogens is 254 g/mol. The predicted molar refractivity (Wildman–Crippen MR) is 81.6 cm³/mol. The number of carbonyl (C=O) groups excluding carboxylic acids is 1. The van der Waals surface area contributed by atoms with E-state index in [0.29, 0.717) is 12.5 Å². The van der Waals surface area contributed by atoms with Gasteiger partial charge in [-0.05, 0) is 66.2 Å². The van der Waals surface area contributed by atoms with Crippen LogP contribution in [0.15, 0.2) is 0 Å². The van der Waals surface area contributed by atoms with E-state index in [9.17, 15) is 4.79 Å². The summed E-state index contributed by atoms with van der Waals surface area (Å²) in [6.07, 6.45) is 5.28. The number of nitrogens with two attached hydrogens (primary N) is 1. The predicted octanol–water partition coefficient (Wildman–Crippen LogP) is 1.07. The maximum absolute atomic E-state index is 11.5. The Hall–Kier alpha value is -0.650. The van der Waals surface area contributed by atoms with E-state index in [0.717, 1.165) is 25.9 Å². The molecule has 1 heterocycles. The number of likely N-dealkylation sites (tertiary alicyclic amines) is 1. The Labute approximate surface area is 123 Å². The second-order valence-corrected chi connectivity index (χ2v) is 6.41. The molecule has 0 aromatic heterocycles. The molecule has 0 aromatic carbocycles. The molecule has 1 fully saturated rings. The first kappa shape index (κ1) is 17.4. The molecule has 1 saturated heterocycles. The fourth-order valence-corrected chi connectivity index (χ4v) is 2.87. The molecule has 118 valence electrons. The standard InChI is InChI=1S/C15H31N3O2/c1-15(16,14(19)20-4)9-5-6-11-18(3)13-8-7-10-17(2)12-13/h13H,5-12,16H2,1-4H3. The molecule has 0 amide bonds. The van der Waals surface area contributed by atoms with Crippen molar-refractivity contribution in [2.45, 2.75) is 50.6 Å². The average molecular weight is 285 g/mol. The lowest BCUT2D eigenvalue weighted by Crippen LogP contribution is -2.46. The normalized spacial score (nSPS) is 23.6. The molecule has 5 heteroatoms. The van der Waals surface area contributed by atoms with Crippen LogP contribution in [-0.2, 0) is 9.53 Å². The molecule has 0 bridgehead atoms. The van der Waals surface area contributed by atoms with Crippen molar-refractivity contribution in [3.63, 3.8) is 0 Å². The summed E-state index contributed by atoms with van der Waals surface area (Å²) in [5.74, 6) is -0.320. The van der Waals surface area contributed by atoms with Crippen LogP contribution in [-0.4, -0.2) is 68.2 Å². The van der Waals surface area contributed by atoms with Crippen molar-refractivity contribution in [1.82, 2.24) is 9.80 Å². The number of esters is 1. The first-order valence-corrected chi connectivity index (χ1v) is 7.63. The van der Waals surface area contributed by atoms with Crippen LogP contribution in [0.3, 0.4) is 0 Å². The Kier molecular flexibility index (Phi) is 6.92. The van der Waals surface area contributed by atoms with Crippen LogP contribution >= 0.6 is 0 Å². The third kappa shape index (κ3) is 5.38. The number of carbonyl (C=O) groups is 1. The van der Waals surface area contributed by atoms with Crippen LogP contribution in [0.25, 0.3) is 0 Å². The van der Waals surface area contributed by atoms with Crippen molar-refractivity contribution in [3.8, 4) is 0 Å². The zero-order valence-electron chi connectivity index (χ0n) is 13.5. The van der Waals surface area contributed by atoms with E-state index in [4.69, 9.17) is 10.5 Å². The lowest BCUT2D eigenvalue weighted by Gasteiger charge is -2.36. The highest BCUT2D eigenvalue weighted by molar-refractivity contribution is 5.79. The van der Waals surface area contributed by atoms with Gasteiger partial charge in [-0.2, -0.15) is 0 Å². The smallest absolute Gasteiger partial charge is 0.325 e. The number of rotatable bonds is 7. The summed E-state index contributed by atoms with van der Waals surface area (Å²) in [5.41, 5.74) is 5.11. The van der Waals surface area contributed by atoms with Gasteiger partial charge in [0.1, 0.15) is 5.54 Å². The molecule has 0 aromatic rings. The summed E-state index contributed by atoms with van der Waals surface area (Å²) in [5, 5.41) is 0. The van der Waals surface area contributed by atoms with E-state index in [1.807, 2.05) is 0 Å². The number of ether oxygens (including phenoxy) is 1. The Morgan fingerprint density at radius 1 is 1.50 bits per heavy atom. The summed E-state index contributed by atoms with van der Waals surface area (Å²) >= 11 is 0. The number of unbranched alkanes of at least 4 members (excludes halogenated alkanes) is 1. The van der Waals surface area contributed by atoms with Gasteiger partial charge in [0.25, 0.3) is 0 Å². The third-order valence-electron chi connectivity index (χ3n) is 4.33. The molecule has 0 aliphatic carbocycles. The number of piperidine rings is 1. The van der Waals surface area contributed by atoms with Crippen LogP contribution in [0.1, 0.15) is 39.0 Å². The van der Waals surface area contributed by atoms with Gasteiger partial charge in [-0.3, -0.25) is 4.79 Å². The zero-order chi connectivity index (χ0) is 15.2. The SMILES string of the molecule is COC(=O)C(C)(N)CCCCN(C)C1CCCN(C)C1. The molecule has 5 nitrogen and oxygen atoms in total. The van der Waals surface area contributed by atoms with Crippen molar-refractivity contribution >= 4 is 5.97 Å². The van der Waals surface area contributed by atoms with E-state index < -0.39 is 5.54 Å². The lowest BCUT2D eigenvalue weighted by atomic mass is 9.96. The topological polar surface area (TPSA) is 58.8 Å². The summed E-state index contributed by atoms with van der Waals surface area (Å²) in [6.45, 7) is 5.19. The highest BCUT2D eigenvalue weighted by Gasteiger charge is 2.28. The minimum absolute atomic E-state index is 0.320. The van der Waals surface area contributed by atoms with Gasteiger partial charge in [0.15, 0.2) is 0 Å². The molecule has 2 unspecified atom stereocenters. The molecule has 0 saturated carbocycles. The van der Waals surface area contributed by atoms with Crippen molar-refractivity contribution in [3.05, 3.63) is 0 Å². The van der Waals surface area contributed by atoms with Crippen LogP contribution < -0.4 is 5.73 Å². The highest BCUT2D eigenvalue weighted by Crippen LogP contribution is 2.16. The molecule has 2 atom stereocenters. The summed E-state index contributed by atoms with van der Waals surface area (Å²) in [7, 11) is 5.78. The second kappa shape index (κ2) is 7.96. The number of hydrogen-bond donors (Lipinski definition) is 1. The molecular formula is C15H31N3O2. The van der Waals surface area contributed by atoms with Gasteiger partial charge >= 0.3 is 5.97 Å². The zero-order valence-corrected chi connectivity index (χ0v) is 13.5. The van der Waals surface area contributed by atoms with E-state index in [-0.39, 0.29) is 5.97 Å². The first-order chi connectivity index (χ1) is 9.36. The minimum atomic E-state index is -0.849. The number of likely N-dealkylation sites (N-methyl/N-ethyl adjacent to an activating group) is 2. The number of hydrogen-bond acceptors (Lipinski definition) is 5. The fraction of sp³-hybridized carbons (Fsp3) is 0.933. The molecule has 20 heavy (non-hydrogen) atoms. The van der Waals surface area contributed by atoms with E-state index in [2.05, 4.69) is 23.9 Å². The average Bonchev–Trinajstić information content (AvgIpc) is 2.42. The van der Waals surface area contributed by atoms with Crippen LogP contribution in [0, 0.1) is 0 Å². The first-order valence-electron chi connectivity index (χ1n) is 7.63. The molecule has 2 N–H and O–H groups in total. The van der Waals surface area contributed by atoms with E-state index in [1.165, 1.54) is 26.5 Å². The molecule has 1 aliphatic heterocycles. The number of nitrogens with zero attached hydrogens (tertiary/aromatic N) is 2. The van der Waals surface area contributed by atoms with Gasteiger partial charge < -0.3 is 20.3 Å². The van der Waals surface area contributed by atoms with Gasteiger partial charge in [0.05, 0.1) is 7.11 Å². The van der Waals surface area contributed by atoms with Crippen LogP contribution in [0.2, 0.25) is 0 Å². The second-order valence-electron chi connectivity index (χ2n) is 6.41. The van der Waals surface area contributed by atoms with Crippen LogP contribution in [0.5, 0.6) is 0 Å². The number of methoxy groups -OCH3 is 1. The summed E-state index contributed by atoms with van der Waals surface area (Å²) in [6, 6.07) is 0.665.